The number of nitrogens with zero attached hydrogens (tertiary/aromatic N) is 1. The SMILES string of the molecule is COc1ccc2c(c1)SC(C)C(=O)N2Cc1ccccc1C. The van der Waals surface area contributed by atoms with E-state index in [0.717, 1.165) is 16.3 Å². The highest BCUT2D eigenvalue weighted by molar-refractivity contribution is 8.01. The van der Waals surface area contributed by atoms with Crippen LogP contribution in [0.25, 0.3) is 0 Å². The number of aryl methyl sites for hydroxylation is 1. The van der Waals surface area contributed by atoms with Gasteiger partial charge in [-0.25, -0.2) is 0 Å². The summed E-state index contributed by atoms with van der Waals surface area (Å²) in [5.74, 6) is 0.981. The van der Waals surface area contributed by atoms with Crippen LogP contribution in [0.15, 0.2) is 47.4 Å². The fourth-order valence-corrected chi connectivity index (χ4v) is 3.73. The van der Waals surface area contributed by atoms with E-state index < -0.39 is 0 Å². The van der Waals surface area contributed by atoms with E-state index in [1.165, 1.54) is 11.1 Å². The lowest BCUT2D eigenvalue weighted by Gasteiger charge is -2.33. The third-order valence-electron chi connectivity index (χ3n) is 3.97. The number of methoxy groups -OCH3 is 1. The molecule has 3 nitrogen and oxygen atoms in total. The lowest BCUT2D eigenvalue weighted by molar-refractivity contribution is -0.118. The van der Waals surface area contributed by atoms with Gasteiger partial charge >= 0.3 is 0 Å². The summed E-state index contributed by atoms with van der Waals surface area (Å²) in [4.78, 5) is 15.6. The average Bonchev–Trinajstić information content (AvgIpc) is 2.53. The van der Waals surface area contributed by atoms with E-state index in [1.54, 1.807) is 18.9 Å². The Hall–Kier alpha value is -1.94. The lowest BCUT2D eigenvalue weighted by Crippen LogP contribution is -2.39. The normalized spacial score (nSPS) is 17.3. The second-order valence-corrected chi connectivity index (χ2v) is 6.83. The molecule has 1 aliphatic heterocycles. The Balaban J connectivity index is 2.00. The molecule has 0 aliphatic carbocycles. The predicted octanol–water partition coefficient (Wildman–Crippen LogP) is 4.03. The molecule has 1 heterocycles. The highest BCUT2D eigenvalue weighted by Crippen LogP contribution is 2.41. The smallest absolute Gasteiger partial charge is 0.240 e. The first kappa shape index (κ1) is 15.0. The second kappa shape index (κ2) is 6.05. The van der Waals surface area contributed by atoms with E-state index in [-0.39, 0.29) is 11.2 Å². The lowest BCUT2D eigenvalue weighted by atomic mass is 10.1. The van der Waals surface area contributed by atoms with Crippen molar-refractivity contribution in [1.82, 2.24) is 0 Å². The summed E-state index contributed by atoms with van der Waals surface area (Å²) >= 11 is 1.60. The number of rotatable bonds is 3. The number of carbonyl (C=O) groups excluding carboxylic acids is 1. The highest BCUT2D eigenvalue weighted by Gasteiger charge is 2.31. The minimum Gasteiger partial charge on any atom is -0.497 e. The number of hydrogen-bond donors (Lipinski definition) is 0. The van der Waals surface area contributed by atoms with Crippen molar-refractivity contribution >= 4 is 23.4 Å². The first-order valence-corrected chi connectivity index (χ1v) is 8.18. The molecule has 3 rings (SSSR count). The summed E-state index contributed by atoms with van der Waals surface area (Å²) in [7, 11) is 1.66. The van der Waals surface area contributed by atoms with Gasteiger partial charge in [0.25, 0.3) is 0 Å². The van der Waals surface area contributed by atoms with E-state index in [2.05, 4.69) is 19.1 Å². The topological polar surface area (TPSA) is 29.5 Å². The number of anilines is 1. The van der Waals surface area contributed by atoms with Gasteiger partial charge in [0.15, 0.2) is 0 Å². The number of hydrogen-bond acceptors (Lipinski definition) is 3. The van der Waals surface area contributed by atoms with Crippen LogP contribution in [-0.4, -0.2) is 18.3 Å². The van der Waals surface area contributed by atoms with Crippen molar-refractivity contribution in [1.29, 1.82) is 0 Å². The summed E-state index contributed by atoms with van der Waals surface area (Å²) in [5, 5.41) is -0.0800. The third-order valence-corrected chi connectivity index (χ3v) is 5.10. The zero-order chi connectivity index (χ0) is 15.7. The maximum absolute atomic E-state index is 12.6. The predicted molar refractivity (Wildman–Crippen MR) is 90.7 cm³/mol. The Morgan fingerprint density at radius 3 is 2.73 bits per heavy atom. The summed E-state index contributed by atoms with van der Waals surface area (Å²) in [6.45, 7) is 4.65. The van der Waals surface area contributed by atoms with Crippen molar-refractivity contribution in [2.24, 2.45) is 0 Å². The van der Waals surface area contributed by atoms with Crippen LogP contribution in [0, 0.1) is 6.92 Å². The first-order valence-electron chi connectivity index (χ1n) is 7.30. The van der Waals surface area contributed by atoms with Crippen LogP contribution in [0.5, 0.6) is 5.75 Å². The molecule has 1 atom stereocenters. The highest BCUT2D eigenvalue weighted by atomic mass is 32.2. The van der Waals surface area contributed by atoms with Gasteiger partial charge in [0.1, 0.15) is 5.75 Å². The standard InChI is InChI=1S/C18H19NO2S/c1-12-6-4-5-7-14(12)11-19-16-9-8-15(21-3)10-17(16)22-13(2)18(19)20/h4-10,13H,11H2,1-3H3. The summed E-state index contributed by atoms with van der Waals surface area (Å²) in [6.07, 6.45) is 0. The Morgan fingerprint density at radius 2 is 2.00 bits per heavy atom. The molecule has 0 bridgehead atoms. The number of thioether (sulfide) groups is 1. The molecule has 0 saturated carbocycles. The van der Waals surface area contributed by atoms with E-state index in [9.17, 15) is 4.79 Å². The van der Waals surface area contributed by atoms with Gasteiger partial charge in [-0.05, 0) is 43.2 Å². The summed E-state index contributed by atoms with van der Waals surface area (Å²) in [6, 6.07) is 14.1. The molecule has 0 N–H and O–H groups in total. The monoisotopic (exact) mass is 313 g/mol. The van der Waals surface area contributed by atoms with E-state index in [1.807, 2.05) is 42.2 Å². The molecule has 4 heteroatoms. The molecule has 0 aromatic heterocycles. The Bertz CT molecular complexity index is 714. The number of ether oxygens (including phenoxy) is 1. The van der Waals surface area contributed by atoms with Crippen LogP contribution in [0.3, 0.4) is 0 Å². The largest absolute Gasteiger partial charge is 0.497 e. The minimum absolute atomic E-state index is 0.0800. The van der Waals surface area contributed by atoms with Crippen molar-refractivity contribution in [2.45, 2.75) is 30.5 Å². The Morgan fingerprint density at radius 1 is 1.23 bits per heavy atom. The average molecular weight is 313 g/mol. The first-order chi connectivity index (χ1) is 10.6. The molecule has 2 aromatic carbocycles. The van der Waals surface area contributed by atoms with Crippen LogP contribution in [0.4, 0.5) is 5.69 Å². The number of carbonyl (C=O) groups is 1. The fourth-order valence-electron chi connectivity index (χ4n) is 2.64. The number of benzene rings is 2. The summed E-state index contributed by atoms with van der Waals surface area (Å²) in [5.41, 5.74) is 3.35. The number of amides is 1. The van der Waals surface area contributed by atoms with E-state index in [4.69, 9.17) is 4.74 Å². The maximum Gasteiger partial charge on any atom is 0.240 e. The van der Waals surface area contributed by atoms with Crippen molar-refractivity contribution in [3.63, 3.8) is 0 Å². The molecule has 1 unspecified atom stereocenters. The molecule has 1 aliphatic rings. The molecule has 0 fully saturated rings. The van der Waals surface area contributed by atoms with Gasteiger partial charge in [0.05, 0.1) is 24.6 Å². The van der Waals surface area contributed by atoms with Gasteiger partial charge in [-0.15, -0.1) is 11.8 Å². The van der Waals surface area contributed by atoms with Crippen LogP contribution >= 0.6 is 11.8 Å². The van der Waals surface area contributed by atoms with Crippen molar-refractivity contribution < 1.29 is 9.53 Å². The summed E-state index contributed by atoms with van der Waals surface area (Å²) < 4.78 is 5.30. The van der Waals surface area contributed by atoms with Gasteiger partial charge in [0, 0.05) is 4.90 Å². The molecule has 2 aromatic rings. The molecule has 114 valence electrons. The van der Waals surface area contributed by atoms with Crippen LogP contribution in [0.1, 0.15) is 18.1 Å². The molecule has 0 saturated heterocycles. The molecular weight excluding hydrogens is 294 g/mol. The zero-order valence-electron chi connectivity index (χ0n) is 13.0. The molecule has 0 spiro atoms. The van der Waals surface area contributed by atoms with Crippen LogP contribution in [0.2, 0.25) is 0 Å². The van der Waals surface area contributed by atoms with Crippen molar-refractivity contribution in [3.05, 3.63) is 53.6 Å². The van der Waals surface area contributed by atoms with Gasteiger partial charge < -0.3 is 9.64 Å². The fraction of sp³-hybridized carbons (Fsp3) is 0.278. The van der Waals surface area contributed by atoms with Gasteiger partial charge in [0.2, 0.25) is 5.91 Å². The quantitative estimate of drug-likeness (QED) is 0.857. The van der Waals surface area contributed by atoms with Crippen LogP contribution in [-0.2, 0) is 11.3 Å². The zero-order valence-corrected chi connectivity index (χ0v) is 13.8. The van der Waals surface area contributed by atoms with Crippen LogP contribution < -0.4 is 9.64 Å². The van der Waals surface area contributed by atoms with Gasteiger partial charge in [-0.3, -0.25) is 4.79 Å². The molecule has 1 amide bonds. The van der Waals surface area contributed by atoms with Gasteiger partial charge in [-0.1, -0.05) is 24.3 Å². The van der Waals surface area contributed by atoms with E-state index >= 15 is 0 Å². The Kier molecular flexibility index (Phi) is 4.12. The van der Waals surface area contributed by atoms with Crippen molar-refractivity contribution in [3.8, 4) is 5.75 Å². The van der Waals surface area contributed by atoms with Gasteiger partial charge in [-0.2, -0.15) is 0 Å². The molecular formula is C18H19NO2S. The maximum atomic E-state index is 12.6. The molecule has 22 heavy (non-hydrogen) atoms. The van der Waals surface area contributed by atoms with E-state index in [0.29, 0.717) is 6.54 Å². The van der Waals surface area contributed by atoms with Crippen molar-refractivity contribution in [2.75, 3.05) is 12.0 Å². The molecule has 0 radical (unpaired) electrons. The minimum atomic E-state index is -0.0800. The number of fused-ring (bicyclic) bond motifs is 1. The third kappa shape index (κ3) is 2.71. The second-order valence-electron chi connectivity index (χ2n) is 5.44. The Labute approximate surface area is 135 Å².